The van der Waals surface area contributed by atoms with E-state index in [2.05, 4.69) is 35.0 Å². The molecule has 0 saturated heterocycles. The van der Waals surface area contributed by atoms with Gasteiger partial charge in [0.2, 0.25) is 0 Å². The number of benzene rings is 1. The molecule has 0 N–H and O–H groups in total. The van der Waals surface area contributed by atoms with Gasteiger partial charge in [0, 0.05) is 11.4 Å². The number of anilines is 1. The van der Waals surface area contributed by atoms with Crippen LogP contribution in [0.3, 0.4) is 0 Å². The zero-order chi connectivity index (χ0) is 13.8. The molecule has 0 fully saturated rings. The molecule has 1 unspecified atom stereocenters. The lowest BCUT2D eigenvalue weighted by Crippen LogP contribution is -2.38. The Balaban J connectivity index is 2.21. The largest absolute Gasteiger partial charge is 0.482 e. The summed E-state index contributed by atoms with van der Waals surface area (Å²) in [6.07, 6.45) is 3.31. The number of alkyl halides is 1. The van der Waals surface area contributed by atoms with Gasteiger partial charge >= 0.3 is 0 Å². The molecule has 2 rings (SSSR count). The first-order valence-corrected chi connectivity index (χ1v) is 7.77. The first-order chi connectivity index (χ1) is 9.15. The van der Waals surface area contributed by atoms with Crippen molar-refractivity contribution in [3.8, 4) is 5.75 Å². The fraction of sp³-hybridized carbons (Fsp3) is 0.533. The van der Waals surface area contributed by atoms with Gasteiger partial charge in [0.25, 0.3) is 5.91 Å². The Bertz CT molecular complexity index is 461. The Morgan fingerprint density at radius 3 is 2.89 bits per heavy atom. The Hall–Kier alpha value is -1.03. The summed E-state index contributed by atoms with van der Waals surface area (Å²) in [5.74, 6) is 0.850. The van der Waals surface area contributed by atoms with Crippen molar-refractivity contribution in [2.24, 2.45) is 0 Å². The molecule has 0 saturated carbocycles. The van der Waals surface area contributed by atoms with E-state index in [1.54, 1.807) is 4.90 Å². The Labute approximate surface area is 123 Å². The highest BCUT2D eigenvalue weighted by atomic mass is 79.9. The standard InChI is InChI=1S/C15H20BrNO2/c1-3-5-12(16)8-11-6-7-14-13(9-11)17(4-2)15(18)10-19-14/h6-7,9,12H,3-5,8,10H2,1-2H3. The molecule has 104 valence electrons. The van der Waals surface area contributed by atoms with Crippen LogP contribution in [-0.2, 0) is 11.2 Å². The van der Waals surface area contributed by atoms with E-state index in [4.69, 9.17) is 4.74 Å². The maximum atomic E-state index is 11.8. The molecular formula is C15H20BrNO2. The minimum Gasteiger partial charge on any atom is -0.482 e. The summed E-state index contributed by atoms with van der Waals surface area (Å²) in [4.78, 5) is 14.1. The molecule has 1 amide bonds. The highest BCUT2D eigenvalue weighted by Gasteiger charge is 2.24. The van der Waals surface area contributed by atoms with E-state index in [-0.39, 0.29) is 12.5 Å². The predicted octanol–water partition coefficient (Wildman–Crippen LogP) is 3.54. The van der Waals surface area contributed by atoms with E-state index < -0.39 is 0 Å². The second kappa shape index (κ2) is 6.42. The molecule has 3 nitrogen and oxygen atoms in total. The normalized spacial score (nSPS) is 15.9. The van der Waals surface area contributed by atoms with Gasteiger partial charge in [0.05, 0.1) is 5.69 Å². The third-order valence-electron chi connectivity index (χ3n) is 3.34. The molecule has 19 heavy (non-hydrogen) atoms. The van der Waals surface area contributed by atoms with Crippen LogP contribution in [0.5, 0.6) is 5.75 Å². The maximum Gasteiger partial charge on any atom is 0.265 e. The van der Waals surface area contributed by atoms with Crippen LogP contribution in [0, 0.1) is 0 Å². The number of halogens is 1. The predicted molar refractivity (Wildman–Crippen MR) is 81.3 cm³/mol. The van der Waals surface area contributed by atoms with Gasteiger partial charge in [-0.25, -0.2) is 0 Å². The van der Waals surface area contributed by atoms with Crippen molar-refractivity contribution in [1.82, 2.24) is 0 Å². The number of ether oxygens (including phenoxy) is 1. The zero-order valence-electron chi connectivity index (χ0n) is 11.5. The summed E-state index contributed by atoms with van der Waals surface area (Å²) in [5.41, 5.74) is 2.15. The number of hydrogen-bond donors (Lipinski definition) is 0. The van der Waals surface area contributed by atoms with Gasteiger partial charge < -0.3 is 9.64 Å². The molecule has 1 atom stereocenters. The summed E-state index contributed by atoms with van der Waals surface area (Å²) < 4.78 is 5.47. The molecule has 1 aliphatic heterocycles. The number of nitrogens with zero attached hydrogens (tertiary/aromatic N) is 1. The molecular weight excluding hydrogens is 306 g/mol. The van der Waals surface area contributed by atoms with Crippen molar-refractivity contribution < 1.29 is 9.53 Å². The average molecular weight is 326 g/mol. The SMILES string of the molecule is CCCC(Br)Cc1ccc2c(c1)N(CC)C(=O)CO2. The molecule has 0 aromatic heterocycles. The van der Waals surface area contributed by atoms with Crippen LogP contribution in [0.4, 0.5) is 5.69 Å². The van der Waals surface area contributed by atoms with E-state index in [1.807, 2.05) is 13.0 Å². The molecule has 0 spiro atoms. The lowest BCUT2D eigenvalue weighted by Gasteiger charge is -2.29. The lowest BCUT2D eigenvalue weighted by molar-refractivity contribution is -0.121. The summed E-state index contributed by atoms with van der Waals surface area (Å²) in [6.45, 7) is 5.01. The van der Waals surface area contributed by atoms with Crippen LogP contribution in [-0.4, -0.2) is 23.9 Å². The van der Waals surface area contributed by atoms with E-state index in [9.17, 15) is 4.79 Å². The van der Waals surface area contributed by atoms with Gasteiger partial charge in [-0.15, -0.1) is 0 Å². The van der Waals surface area contributed by atoms with Crippen LogP contribution < -0.4 is 9.64 Å². The van der Waals surface area contributed by atoms with E-state index in [0.29, 0.717) is 11.4 Å². The number of likely N-dealkylation sites (N-methyl/N-ethyl adjacent to an activating group) is 1. The quantitative estimate of drug-likeness (QED) is 0.775. The summed E-state index contributed by atoms with van der Waals surface area (Å²) in [6, 6.07) is 6.15. The molecule has 1 heterocycles. The van der Waals surface area contributed by atoms with Gasteiger partial charge in [0.1, 0.15) is 5.75 Å². The van der Waals surface area contributed by atoms with Crippen LogP contribution in [0.2, 0.25) is 0 Å². The van der Waals surface area contributed by atoms with E-state index in [1.165, 1.54) is 12.0 Å². The summed E-state index contributed by atoms with van der Waals surface area (Å²) >= 11 is 3.70. The number of fused-ring (bicyclic) bond motifs is 1. The zero-order valence-corrected chi connectivity index (χ0v) is 13.1. The van der Waals surface area contributed by atoms with Crippen molar-refractivity contribution in [1.29, 1.82) is 0 Å². The number of hydrogen-bond acceptors (Lipinski definition) is 2. The number of amides is 1. The maximum absolute atomic E-state index is 11.8. The highest BCUT2D eigenvalue weighted by molar-refractivity contribution is 9.09. The van der Waals surface area contributed by atoms with Gasteiger partial charge in [0.15, 0.2) is 6.61 Å². The van der Waals surface area contributed by atoms with Gasteiger partial charge in [-0.05, 0) is 37.5 Å². The fourth-order valence-electron chi connectivity index (χ4n) is 2.39. The average Bonchev–Trinajstić information content (AvgIpc) is 2.38. The molecule has 4 heteroatoms. The Morgan fingerprint density at radius 1 is 1.42 bits per heavy atom. The Morgan fingerprint density at radius 2 is 2.21 bits per heavy atom. The number of carbonyl (C=O) groups excluding carboxylic acids is 1. The molecule has 0 bridgehead atoms. The van der Waals surface area contributed by atoms with Crippen LogP contribution in [0.15, 0.2) is 18.2 Å². The van der Waals surface area contributed by atoms with E-state index in [0.717, 1.165) is 24.3 Å². The number of rotatable bonds is 5. The third kappa shape index (κ3) is 3.30. The van der Waals surface area contributed by atoms with E-state index >= 15 is 0 Å². The third-order valence-corrected chi connectivity index (χ3v) is 4.12. The topological polar surface area (TPSA) is 29.5 Å². The van der Waals surface area contributed by atoms with Crippen LogP contribution in [0.1, 0.15) is 32.3 Å². The van der Waals surface area contributed by atoms with Crippen molar-refractivity contribution in [2.75, 3.05) is 18.1 Å². The molecule has 0 aliphatic carbocycles. The summed E-state index contributed by atoms with van der Waals surface area (Å²) in [5, 5.41) is 0. The smallest absolute Gasteiger partial charge is 0.265 e. The second-order valence-corrected chi connectivity index (χ2v) is 6.11. The van der Waals surface area contributed by atoms with Crippen molar-refractivity contribution in [3.63, 3.8) is 0 Å². The highest BCUT2D eigenvalue weighted by Crippen LogP contribution is 2.33. The molecule has 1 aromatic rings. The molecule has 1 aliphatic rings. The van der Waals surface area contributed by atoms with Crippen molar-refractivity contribution in [3.05, 3.63) is 23.8 Å². The second-order valence-electron chi connectivity index (χ2n) is 4.82. The van der Waals surface area contributed by atoms with Gasteiger partial charge in [-0.1, -0.05) is 35.3 Å². The fourth-order valence-corrected chi connectivity index (χ4v) is 3.22. The molecule has 1 aromatic carbocycles. The minimum atomic E-state index is 0.0381. The summed E-state index contributed by atoms with van der Waals surface area (Å²) in [7, 11) is 0. The van der Waals surface area contributed by atoms with Crippen LogP contribution >= 0.6 is 15.9 Å². The minimum absolute atomic E-state index is 0.0381. The monoisotopic (exact) mass is 325 g/mol. The first-order valence-electron chi connectivity index (χ1n) is 6.85. The van der Waals surface area contributed by atoms with Crippen LogP contribution in [0.25, 0.3) is 0 Å². The molecule has 0 radical (unpaired) electrons. The lowest BCUT2D eigenvalue weighted by atomic mass is 10.0. The van der Waals surface area contributed by atoms with Crippen molar-refractivity contribution in [2.45, 2.75) is 37.9 Å². The Kier molecular flexibility index (Phi) is 4.86. The van der Waals surface area contributed by atoms with Crippen molar-refractivity contribution >= 4 is 27.5 Å². The first kappa shape index (κ1) is 14.4. The number of carbonyl (C=O) groups is 1. The van der Waals surface area contributed by atoms with Gasteiger partial charge in [-0.2, -0.15) is 0 Å². The van der Waals surface area contributed by atoms with Gasteiger partial charge in [-0.3, -0.25) is 4.79 Å².